The molecular weight excluding hydrogens is 458 g/mol. The number of halogens is 3. The van der Waals surface area contributed by atoms with E-state index in [-0.39, 0.29) is 31.1 Å². The summed E-state index contributed by atoms with van der Waals surface area (Å²) in [5, 5.41) is 10.1. The second kappa shape index (κ2) is 8.64. The summed E-state index contributed by atoms with van der Waals surface area (Å²) < 4.78 is 71.0. The lowest BCUT2D eigenvalue weighted by atomic mass is 9.85. The SMILES string of the molecule is CCOC(=O)C1=C(P(=O)(OCC)OCC)N=NC12C(=O)Nc1ccc(OC(F)(F)F)cc12. The van der Waals surface area contributed by atoms with Gasteiger partial charge in [-0.1, -0.05) is 0 Å². The zero-order valence-electron chi connectivity index (χ0n) is 17.2. The lowest BCUT2D eigenvalue weighted by Gasteiger charge is -2.22. The molecule has 1 unspecified atom stereocenters. The van der Waals surface area contributed by atoms with Crippen LogP contribution in [0, 0.1) is 0 Å². The lowest BCUT2D eigenvalue weighted by molar-refractivity contribution is -0.274. The Hall–Kier alpha value is -2.76. The minimum atomic E-state index is -5.00. The van der Waals surface area contributed by atoms with Crippen LogP contribution in [0.2, 0.25) is 0 Å². The number of ether oxygens (including phenoxy) is 2. The van der Waals surface area contributed by atoms with Crippen LogP contribution in [0.4, 0.5) is 18.9 Å². The first kappa shape index (κ1) is 23.9. The van der Waals surface area contributed by atoms with Gasteiger partial charge >= 0.3 is 19.9 Å². The molecule has 174 valence electrons. The molecule has 0 aromatic heterocycles. The summed E-state index contributed by atoms with van der Waals surface area (Å²) in [6.07, 6.45) is -5.00. The summed E-state index contributed by atoms with van der Waals surface area (Å²) in [4.78, 5) is 25.9. The van der Waals surface area contributed by atoms with E-state index < -0.39 is 48.1 Å². The Morgan fingerprint density at radius 3 is 2.38 bits per heavy atom. The van der Waals surface area contributed by atoms with E-state index in [1.165, 1.54) is 20.8 Å². The Morgan fingerprint density at radius 1 is 1.16 bits per heavy atom. The molecule has 0 bridgehead atoms. The number of nitrogens with one attached hydrogen (secondary N) is 1. The van der Waals surface area contributed by atoms with E-state index in [9.17, 15) is 27.3 Å². The normalized spacial score (nSPS) is 20.0. The highest BCUT2D eigenvalue weighted by atomic mass is 31.2. The Labute approximate surface area is 180 Å². The van der Waals surface area contributed by atoms with Gasteiger partial charge in [0.1, 0.15) is 11.3 Å². The smallest absolute Gasteiger partial charge is 0.462 e. The summed E-state index contributed by atoms with van der Waals surface area (Å²) in [6.45, 7) is 4.24. The van der Waals surface area contributed by atoms with Crippen LogP contribution >= 0.6 is 7.60 Å². The third kappa shape index (κ3) is 4.03. The van der Waals surface area contributed by atoms with Crippen molar-refractivity contribution in [3.8, 4) is 5.75 Å². The first-order valence-corrected chi connectivity index (χ1v) is 11.0. The molecule has 3 rings (SSSR count). The maximum atomic E-state index is 13.4. The fourth-order valence-electron chi connectivity index (χ4n) is 3.33. The van der Waals surface area contributed by atoms with E-state index in [2.05, 4.69) is 20.3 Å². The zero-order valence-corrected chi connectivity index (χ0v) is 18.1. The van der Waals surface area contributed by atoms with Gasteiger partial charge in [-0.05, 0) is 39.0 Å². The highest BCUT2D eigenvalue weighted by Crippen LogP contribution is 2.64. The Balaban J connectivity index is 2.26. The number of alkyl halides is 3. The molecule has 10 nitrogen and oxygen atoms in total. The van der Waals surface area contributed by atoms with Gasteiger partial charge in [-0.15, -0.1) is 18.3 Å². The van der Waals surface area contributed by atoms with Crippen molar-refractivity contribution in [1.29, 1.82) is 0 Å². The van der Waals surface area contributed by atoms with Crippen LogP contribution in [0.15, 0.2) is 39.4 Å². The van der Waals surface area contributed by atoms with Gasteiger partial charge in [-0.3, -0.25) is 9.36 Å². The van der Waals surface area contributed by atoms with Crippen molar-refractivity contribution in [3.63, 3.8) is 0 Å². The molecule has 32 heavy (non-hydrogen) atoms. The average Bonchev–Trinajstić information content (AvgIpc) is 3.22. The molecule has 0 aliphatic carbocycles. The second-order valence-electron chi connectivity index (χ2n) is 6.37. The number of esters is 1. The first-order chi connectivity index (χ1) is 15.0. The molecule has 1 amide bonds. The number of fused-ring (bicyclic) bond motifs is 2. The van der Waals surface area contributed by atoms with Crippen molar-refractivity contribution in [2.45, 2.75) is 32.7 Å². The van der Waals surface area contributed by atoms with Gasteiger partial charge in [0.15, 0.2) is 5.44 Å². The van der Waals surface area contributed by atoms with Crippen molar-refractivity contribution < 1.29 is 45.8 Å². The molecule has 1 aromatic carbocycles. The van der Waals surface area contributed by atoms with Gasteiger partial charge in [-0.2, -0.15) is 5.11 Å². The molecule has 2 aliphatic rings. The highest BCUT2D eigenvalue weighted by Gasteiger charge is 2.60. The van der Waals surface area contributed by atoms with Gasteiger partial charge in [0.2, 0.25) is 5.54 Å². The van der Waals surface area contributed by atoms with Crippen LogP contribution in [-0.2, 0) is 33.5 Å². The van der Waals surface area contributed by atoms with E-state index in [1.807, 2.05) is 0 Å². The van der Waals surface area contributed by atoms with Crippen LogP contribution < -0.4 is 10.1 Å². The van der Waals surface area contributed by atoms with Crippen LogP contribution in [0.25, 0.3) is 0 Å². The van der Waals surface area contributed by atoms with Crippen molar-refractivity contribution in [2.24, 2.45) is 10.2 Å². The van der Waals surface area contributed by atoms with Crippen molar-refractivity contribution in [2.75, 3.05) is 25.1 Å². The maximum absolute atomic E-state index is 13.4. The number of azo groups is 1. The van der Waals surface area contributed by atoms with Crippen LogP contribution in [0.1, 0.15) is 26.3 Å². The predicted molar refractivity (Wildman–Crippen MR) is 103 cm³/mol. The van der Waals surface area contributed by atoms with Crippen LogP contribution in [0.3, 0.4) is 0 Å². The van der Waals surface area contributed by atoms with Gasteiger partial charge in [0.25, 0.3) is 5.91 Å². The third-order valence-corrected chi connectivity index (χ3v) is 6.44. The van der Waals surface area contributed by atoms with E-state index in [1.54, 1.807) is 0 Å². The van der Waals surface area contributed by atoms with Crippen molar-refractivity contribution in [1.82, 2.24) is 0 Å². The molecule has 14 heteroatoms. The summed E-state index contributed by atoms with van der Waals surface area (Å²) in [5.41, 5.74) is -3.47. The fourth-order valence-corrected chi connectivity index (χ4v) is 5.01. The van der Waals surface area contributed by atoms with Crippen LogP contribution in [-0.4, -0.2) is 38.1 Å². The third-order valence-electron chi connectivity index (χ3n) is 4.41. The minimum absolute atomic E-state index is 0.0641. The molecule has 1 spiro atoms. The van der Waals surface area contributed by atoms with Gasteiger partial charge in [0.05, 0.1) is 19.8 Å². The number of carbonyl (C=O) groups excluding carboxylic acids is 2. The number of hydrogen-bond donors (Lipinski definition) is 1. The molecule has 2 heterocycles. The largest absolute Gasteiger partial charge is 0.573 e. The topological polar surface area (TPSA) is 125 Å². The molecule has 1 atom stereocenters. The van der Waals surface area contributed by atoms with Crippen LogP contribution in [0.5, 0.6) is 5.75 Å². The van der Waals surface area contributed by atoms with E-state index >= 15 is 0 Å². The molecular formula is C18H19F3N3O7P. The number of hydrogen-bond acceptors (Lipinski definition) is 9. The molecule has 0 saturated carbocycles. The number of rotatable bonds is 8. The van der Waals surface area contributed by atoms with Gasteiger partial charge in [-0.25, -0.2) is 4.79 Å². The van der Waals surface area contributed by atoms with E-state index in [4.69, 9.17) is 13.8 Å². The van der Waals surface area contributed by atoms with E-state index in [0.29, 0.717) is 0 Å². The summed E-state index contributed by atoms with van der Waals surface area (Å²) in [5.74, 6) is -2.66. The average molecular weight is 477 g/mol. The molecule has 1 N–H and O–H groups in total. The number of benzene rings is 1. The Kier molecular flexibility index (Phi) is 6.45. The highest BCUT2D eigenvalue weighted by molar-refractivity contribution is 7.58. The monoisotopic (exact) mass is 477 g/mol. The minimum Gasteiger partial charge on any atom is -0.462 e. The van der Waals surface area contributed by atoms with Crippen molar-refractivity contribution >= 4 is 25.2 Å². The Morgan fingerprint density at radius 2 is 1.81 bits per heavy atom. The molecule has 1 aromatic rings. The number of nitrogens with zero attached hydrogens (tertiary/aromatic N) is 2. The van der Waals surface area contributed by atoms with E-state index in [0.717, 1.165) is 18.2 Å². The molecule has 0 fully saturated rings. The Bertz CT molecular complexity index is 1050. The quantitative estimate of drug-likeness (QED) is 0.439. The molecule has 0 radical (unpaired) electrons. The predicted octanol–water partition coefficient (Wildman–Crippen LogP) is 4.24. The standard InChI is InChI=1S/C18H19F3N3O7P/c1-4-28-15(25)13-14(32(27,29-5-2)30-6-3)23-24-17(13)11-9-10(31-18(19,20)21)7-8-12(11)22-16(17)26/h7-9H,4-6H2,1-3H3,(H,22,26). The first-order valence-electron chi connectivity index (χ1n) is 9.48. The van der Waals surface area contributed by atoms with Gasteiger partial charge < -0.3 is 23.8 Å². The van der Waals surface area contributed by atoms with Crippen molar-refractivity contribution in [3.05, 3.63) is 34.8 Å². The number of anilines is 1. The summed E-state index contributed by atoms with van der Waals surface area (Å²) in [6, 6.07) is 3.04. The zero-order chi connectivity index (χ0) is 23.7. The molecule has 2 aliphatic heterocycles. The second-order valence-corrected chi connectivity index (χ2v) is 8.31. The molecule has 0 saturated heterocycles. The summed E-state index contributed by atoms with van der Waals surface area (Å²) >= 11 is 0. The number of carbonyl (C=O) groups is 2. The lowest BCUT2D eigenvalue weighted by Crippen LogP contribution is -2.37. The number of amides is 1. The van der Waals surface area contributed by atoms with Gasteiger partial charge in [0, 0.05) is 11.3 Å². The fraction of sp³-hybridized carbons (Fsp3) is 0.444. The summed E-state index contributed by atoms with van der Waals surface area (Å²) in [7, 11) is -4.24. The maximum Gasteiger partial charge on any atom is 0.573 e.